The number of hydrogen-bond donors (Lipinski definition) is 3. The Morgan fingerprint density at radius 1 is 1.17 bits per heavy atom. The summed E-state index contributed by atoms with van der Waals surface area (Å²) in [5.41, 5.74) is 2.57. The van der Waals surface area contributed by atoms with Gasteiger partial charge in [0.15, 0.2) is 17.4 Å². The minimum Gasteiger partial charge on any atom is -0.483 e. The largest absolute Gasteiger partial charge is 0.483 e. The van der Waals surface area contributed by atoms with E-state index >= 15 is 4.39 Å². The molecule has 3 heterocycles. The summed E-state index contributed by atoms with van der Waals surface area (Å²) in [5.74, 6) is -1.60. The molecular weight excluding hydrogens is 549 g/mol. The van der Waals surface area contributed by atoms with Crippen molar-refractivity contribution in [2.75, 3.05) is 24.2 Å². The molecule has 3 N–H and O–H groups in total. The maximum absolute atomic E-state index is 15.5. The van der Waals surface area contributed by atoms with Crippen LogP contribution in [0.4, 0.5) is 20.2 Å². The van der Waals surface area contributed by atoms with E-state index in [9.17, 15) is 9.18 Å². The van der Waals surface area contributed by atoms with Crippen molar-refractivity contribution >= 4 is 41.8 Å². The third kappa shape index (κ3) is 6.52. The Hall–Kier alpha value is -4.38. The van der Waals surface area contributed by atoms with Gasteiger partial charge < -0.3 is 25.0 Å². The first kappa shape index (κ1) is 29.6. The molecule has 0 atom stereocenters. The number of carbonyl (C=O) groups excluding carboxylic acids is 1. The van der Waals surface area contributed by atoms with E-state index in [0.29, 0.717) is 34.1 Å². The van der Waals surface area contributed by atoms with Crippen LogP contribution in [0.2, 0.25) is 0 Å². The summed E-state index contributed by atoms with van der Waals surface area (Å²) >= 11 is 6.09. The fourth-order valence-electron chi connectivity index (χ4n) is 4.12. The lowest BCUT2D eigenvalue weighted by molar-refractivity contribution is 0.102. The minimum atomic E-state index is -0.842. The third-order valence-corrected chi connectivity index (χ3v) is 6.42. The zero-order chi connectivity index (χ0) is 29.5. The first-order valence-electron chi connectivity index (χ1n) is 13.1. The number of fused-ring (bicyclic) bond motifs is 1. The smallest absolute Gasteiger partial charge is 0.288 e. The Morgan fingerprint density at radius 2 is 1.93 bits per heavy atom. The van der Waals surface area contributed by atoms with E-state index in [1.165, 1.54) is 43.7 Å². The topological polar surface area (TPSA) is 92.6 Å². The molecule has 0 spiro atoms. The average Bonchev–Trinajstić information content (AvgIpc) is 3.42. The van der Waals surface area contributed by atoms with Crippen molar-refractivity contribution in [1.29, 1.82) is 0 Å². The van der Waals surface area contributed by atoms with E-state index in [0.717, 1.165) is 18.1 Å². The number of ether oxygens (including phenoxy) is 1. The molecule has 1 radical (unpaired) electrons. The molecule has 8 nitrogen and oxygen atoms in total. The third-order valence-electron chi connectivity index (χ3n) is 6.18. The van der Waals surface area contributed by atoms with Gasteiger partial charge in [-0.1, -0.05) is 44.5 Å². The summed E-state index contributed by atoms with van der Waals surface area (Å²) in [5, 5.41) is 9.19. The summed E-state index contributed by atoms with van der Waals surface area (Å²) in [6, 6.07) is 9.93. The molecule has 4 aromatic rings. The van der Waals surface area contributed by atoms with E-state index in [1.54, 1.807) is 6.08 Å². The van der Waals surface area contributed by atoms with Crippen LogP contribution in [0.3, 0.4) is 0 Å². The normalized spacial score (nSPS) is 12.6. The van der Waals surface area contributed by atoms with Crippen molar-refractivity contribution in [2.24, 2.45) is 0 Å². The van der Waals surface area contributed by atoms with Crippen molar-refractivity contribution in [3.8, 4) is 11.3 Å². The number of amides is 1. The summed E-state index contributed by atoms with van der Waals surface area (Å²) in [6.07, 6.45) is 6.74. The van der Waals surface area contributed by atoms with Gasteiger partial charge in [0, 0.05) is 16.9 Å². The highest BCUT2D eigenvalue weighted by molar-refractivity contribution is 6.51. The second-order valence-corrected chi connectivity index (χ2v) is 9.15. The molecule has 1 aliphatic rings. The van der Waals surface area contributed by atoms with Crippen molar-refractivity contribution in [3.63, 3.8) is 0 Å². The number of nitrogens with zero attached hydrogens (tertiary/aromatic N) is 3. The van der Waals surface area contributed by atoms with Crippen LogP contribution >= 0.6 is 11.6 Å². The number of rotatable bonds is 8. The van der Waals surface area contributed by atoms with Crippen molar-refractivity contribution in [1.82, 2.24) is 19.7 Å². The Morgan fingerprint density at radius 3 is 2.63 bits per heavy atom. The van der Waals surface area contributed by atoms with Gasteiger partial charge in [0.25, 0.3) is 13.3 Å². The molecule has 0 fully saturated rings. The summed E-state index contributed by atoms with van der Waals surface area (Å²) < 4.78 is 37.1. The number of nitrogens with one attached hydrogen (secondary N) is 3. The van der Waals surface area contributed by atoms with Gasteiger partial charge in [-0.3, -0.25) is 9.78 Å². The second-order valence-electron chi connectivity index (χ2n) is 8.67. The highest BCUT2D eigenvalue weighted by Gasteiger charge is 2.21. The number of anilines is 2. The summed E-state index contributed by atoms with van der Waals surface area (Å²) in [4.78, 5) is 21.3. The van der Waals surface area contributed by atoms with Crippen LogP contribution in [0.1, 0.15) is 36.8 Å². The van der Waals surface area contributed by atoms with Gasteiger partial charge in [0.1, 0.15) is 12.1 Å². The molecule has 2 aromatic heterocycles. The van der Waals surface area contributed by atoms with Crippen LogP contribution in [0.15, 0.2) is 77.6 Å². The maximum Gasteiger partial charge on any atom is 0.288 e. The maximum atomic E-state index is 15.5. The average molecular weight is 578 g/mol. The number of aryl methyl sites for hydroxylation is 1. The number of allylic oxidation sites excluding steroid dienone is 2. The van der Waals surface area contributed by atoms with Gasteiger partial charge >= 0.3 is 0 Å². The lowest BCUT2D eigenvalue weighted by Crippen LogP contribution is -2.26. The molecule has 0 saturated heterocycles. The minimum absolute atomic E-state index is 0.0196. The second kappa shape index (κ2) is 13.3. The van der Waals surface area contributed by atoms with E-state index in [-0.39, 0.29) is 22.6 Å². The number of dihydropyridines is 1. The summed E-state index contributed by atoms with van der Waals surface area (Å²) in [7, 11) is 3.00. The molecule has 1 aliphatic heterocycles. The molecule has 41 heavy (non-hydrogen) atoms. The highest BCUT2D eigenvalue weighted by atomic mass is 35.5. The molecule has 0 saturated carbocycles. The molecule has 0 bridgehead atoms. The highest BCUT2D eigenvalue weighted by Crippen LogP contribution is 2.30. The molecule has 12 heteroatoms. The molecule has 5 rings (SSSR count). The van der Waals surface area contributed by atoms with Gasteiger partial charge in [-0.25, -0.2) is 13.8 Å². The standard InChI is InChI=1S/C27H23BClF2N6O2.C2H6/c1-3-15-4-6-17(7-5-15)35-26(38)25-22-12-32-21(13-37(22)14-34-25)23-19(30)8-9-20(24(23)31)36-28-18-10-16(29)11-33-27(18)39-2;1-2/h4-10,12-14,33,36H,3,11H2,1-2H3,(H,35,38);1-2H3. The van der Waals surface area contributed by atoms with Crippen LogP contribution in [-0.2, 0) is 11.2 Å². The van der Waals surface area contributed by atoms with Crippen LogP contribution < -0.4 is 15.9 Å². The van der Waals surface area contributed by atoms with Gasteiger partial charge in [0.2, 0.25) is 0 Å². The van der Waals surface area contributed by atoms with Gasteiger partial charge in [-0.15, -0.1) is 0 Å². The Labute approximate surface area is 242 Å². The number of carbonyl (C=O) groups is 1. The fraction of sp³-hybridized carbons (Fsp3) is 0.207. The molecule has 0 aliphatic carbocycles. The molecule has 2 aromatic carbocycles. The molecule has 1 amide bonds. The zero-order valence-corrected chi connectivity index (χ0v) is 23.8. The van der Waals surface area contributed by atoms with E-state index in [1.807, 2.05) is 45.0 Å². The lowest BCUT2D eigenvalue weighted by atomic mass is 9.80. The van der Waals surface area contributed by atoms with Crippen LogP contribution in [-0.4, -0.2) is 41.3 Å². The van der Waals surface area contributed by atoms with Crippen LogP contribution in [0.25, 0.3) is 16.8 Å². The Kier molecular flexibility index (Phi) is 9.62. The van der Waals surface area contributed by atoms with Gasteiger partial charge in [-0.05, 0) is 47.8 Å². The number of methoxy groups -OCH3 is 1. The molecule has 211 valence electrons. The number of benzene rings is 2. The number of aromatic nitrogens is 3. The van der Waals surface area contributed by atoms with Crippen molar-refractivity contribution < 1.29 is 18.3 Å². The van der Waals surface area contributed by atoms with E-state index in [4.69, 9.17) is 16.3 Å². The van der Waals surface area contributed by atoms with Crippen LogP contribution in [0.5, 0.6) is 0 Å². The van der Waals surface area contributed by atoms with Crippen molar-refractivity contribution in [2.45, 2.75) is 27.2 Å². The predicted octanol–water partition coefficient (Wildman–Crippen LogP) is 6.09. The van der Waals surface area contributed by atoms with E-state index < -0.39 is 17.5 Å². The Balaban J connectivity index is 0.00000189. The van der Waals surface area contributed by atoms with Crippen LogP contribution in [0, 0.1) is 11.6 Å². The first-order valence-corrected chi connectivity index (χ1v) is 13.4. The fourth-order valence-corrected chi connectivity index (χ4v) is 4.30. The number of imidazole rings is 1. The van der Waals surface area contributed by atoms with E-state index in [2.05, 4.69) is 25.8 Å². The number of hydrogen-bond acceptors (Lipinski definition) is 6. The lowest BCUT2D eigenvalue weighted by Gasteiger charge is -2.19. The first-order chi connectivity index (χ1) is 19.9. The predicted molar refractivity (Wildman–Crippen MR) is 159 cm³/mol. The van der Waals surface area contributed by atoms with Gasteiger partial charge in [-0.2, -0.15) is 0 Å². The SMILES string of the molecule is CC.CCc1ccc(NC(=O)c2ncn3cc(-c4c(F)ccc(N[B]C5=C(OC)NCC(Cl)=C5)c4F)ncc23)cc1. The monoisotopic (exact) mass is 577 g/mol. The Bertz CT molecular complexity index is 1620. The molecular formula is C29H29BClF2N6O2. The van der Waals surface area contributed by atoms with Crippen molar-refractivity contribution in [3.05, 3.63) is 100 Å². The van der Waals surface area contributed by atoms with Gasteiger partial charge in [0.05, 0.1) is 42.3 Å². The number of halogens is 3. The molecule has 0 unspecified atom stereocenters. The quantitative estimate of drug-likeness (QED) is 0.220. The zero-order valence-electron chi connectivity index (χ0n) is 23.1. The summed E-state index contributed by atoms with van der Waals surface area (Å²) in [6.45, 7) is 6.46.